The summed E-state index contributed by atoms with van der Waals surface area (Å²) < 4.78 is 1.93. The molecule has 0 amide bonds. The third-order valence-electron chi connectivity index (χ3n) is 3.17. The van der Waals surface area contributed by atoms with Crippen molar-refractivity contribution in [2.75, 3.05) is 31.1 Å². The molecule has 1 fully saturated rings. The van der Waals surface area contributed by atoms with Crippen molar-refractivity contribution in [1.82, 2.24) is 19.9 Å². The number of pyridine rings is 1. The first-order valence-electron chi connectivity index (χ1n) is 6.11. The summed E-state index contributed by atoms with van der Waals surface area (Å²) in [5, 5.41) is 7.73. The van der Waals surface area contributed by atoms with Crippen LogP contribution in [0, 0.1) is 6.92 Å². The van der Waals surface area contributed by atoms with E-state index in [1.807, 2.05) is 4.52 Å². The van der Waals surface area contributed by atoms with Gasteiger partial charge in [-0.3, -0.25) is 0 Å². The maximum Gasteiger partial charge on any atom is 0.157 e. The van der Waals surface area contributed by atoms with E-state index in [0.29, 0.717) is 0 Å². The first kappa shape index (κ1) is 10.5. The fraction of sp³-hybridized carbons (Fsp3) is 0.500. The maximum atomic E-state index is 4.31. The molecular weight excluding hydrogens is 214 g/mol. The van der Waals surface area contributed by atoms with Gasteiger partial charge in [0.25, 0.3) is 0 Å². The quantitative estimate of drug-likeness (QED) is 0.790. The van der Waals surface area contributed by atoms with Crippen LogP contribution in [0.3, 0.4) is 0 Å². The number of aryl methyl sites for hydroxylation is 1. The largest absolute Gasteiger partial charge is 0.355 e. The van der Waals surface area contributed by atoms with Gasteiger partial charge in [-0.25, -0.2) is 4.98 Å². The zero-order valence-electron chi connectivity index (χ0n) is 10.1. The Morgan fingerprint density at radius 1 is 1.24 bits per heavy atom. The van der Waals surface area contributed by atoms with Crippen LogP contribution >= 0.6 is 0 Å². The van der Waals surface area contributed by atoms with Crippen LogP contribution in [-0.2, 0) is 0 Å². The van der Waals surface area contributed by atoms with E-state index < -0.39 is 0 Å². The molecule has 0 unspecified atom stereocenters. The first-order chi connectivity index (χ1) is 8.34. The van der Waals surface area contributed by atoms with E-state index in [9.17, 15) is 0 Å². The van der Waals surface area contributed by atoms with Crippen LogP contribution < -0.4 is 10.2 Å². The van der Waals surface area contributed by atoms with Gasteiger partial charge >= 0.3 is 0 Å². The van der Waals surface area contributed by atoms with Crippen molar-refractivity contribution >= 4 is 11.5 Å². The summed E-state index contributed by atoms with van der Waals surface area (Å²) in [4.78, 5) is 6.65. The normalized spacial score (nSPS) is 17.4. The van der Waals surface area contributed by atoms with Crippen LogP contribution in [0.2, 0.25) is 0 Å². The molecule has 1 saturated heterocycles. The van der Waals surface area contributed by atoms with E-state index in [4.69, 9.17) is 0 Å². The highest BCUT2D eigenvalue weighted by molar-refractivity contribution is 5.53. The Morgan fingerprint density at radius 3 is 3.12 bits per heavy atom. The van der Waals surface area contributed by atoms with E-state index >= 15 is 0 Å². The lowest BCUT2D eigenvalue weighted by Gasteiger charge is -2.23. The van der Waals surface area contributed by atoms with Gasteiger partial charge in [-0.2, -0.15) is 9.61 Å². The van der Waals surface area contributed by atoms with Crippen LogP contribution in [0.1, 0.15) is 12.0 Å². The zero-order chi connectivity index (χ0) is 11.7. The van der Waals surface area contributed by atoms with E-state index in [-0.39, 0.29) is 0 Å². The van der Waals surface area contributed by atoms with Gasteiger partial charge in [-0.1, -0.05) is 0 Å². The number of anilines is 1. The molecule has 1 aliphatic rings. The molecule has 3 rings (SSSR count). The molecule has 0 aromatic carbocycles. The highest BCUT2D eigenvalue weighted by Crippen LogP contribution is 2.18. The number of hydrogen-bond acceptors (Lipinski definition) is 4. The predicted octanol–water partition coefficient (Wildman–Crippen LogP) is 0.837. The van der Waals surface area contributed by atoms with Gasteiger partial charge in [0.05, 0.1) is 0 Å². The average molecular weight is 231 g/mol. The van der Waals surface area contributed by atoms with Crippen LogP contribution in [0.5, 0.6) is 0 Å². The van der Waals surface area contributed by atoms with Crippen molar-refractivity contribution < 1.29 is 0 Å². The molecule has 0 atom stereocenters. The lowest BCUT2D eigenvalue weighted by Crippen LogP contribution is -2.29. The number of rotatable bonds is 1. The molecule has 2 aromatic heterocycles. The molecule has 0 aliphatic carbocycles. The van der Waals surface area contributed by atoms with Crippen molar-refractivity contribution in [3.8, 4) is 0 Å². The van der Waals surface area contributed by atoms with Gasteiger partial charge in [0.15, 0.2) is 5.65 Å². The second kappa shape index (κ2) is 4.33. The SMILES string of the molecule is Cc1cc(N2CCCNCC2)n2ncnc2c1. The summed E-state index contributed by atoms with van der Waals surface area (Å²) in [5.41, 5.74) is 2.16. The fourth-order valence-electron chi connectivity index (χ4n) is 2.34. The second-order valence-electron chi connectivity index (χ2n) is 4.51. The molecule has 3 heterocycles. The van der Waals surface area contributed by atoms with E-state index in [1.165, 1.54) is 12.0 Å². The summed E-state index contributed by atoms with van der Waals surface area (Å²) in [5.74, 6) is 1.15. The van der Waals surface area contributed by atoms with Gasteiger partial charge in [-0.15, -0.1) is 0 Å². The Morgan fingerprint density at radius 2 is 2.18 bits per heavy atom. The summed E-state index contributed by atoms with van der Waals surface area (Å²) in [7, 11) is 0. The van der Waals surface area contributed by atoms with Crippen molar-refractivity contribution in [3.05, 3.63) is 24.0 Å². The highest BCUT2D eigenvalue weighted by Gasteiger charge is 2.13. The molecule has 1 aliphatic heterocycles. The summed E-state index contributed by atoms with van der Waals surface area (Å²) in [6.07, 6.45) is 2.79. The standard InChI is InChI=1S/C12H17N5/c1-10-7-11-14-9-15-17(11)12(8-10)16-5-2-3-13-4-6-16/h7-9,13H,2-6H2,1H3. The van der Waals surface area contributed by atoms with Crippen LogP contribution in [0.15, 0.2) is 18.5 Å². The number of nitrogens with zero attached hydrogens (tertiary/aromatic N) is 4. The monoisotopic (exact) mass is 231 g/mol. The molecule has 0 radical (unpaired) electrons. The van der Waals surface area contributed by atoms with Crippen molar-refractivity contribution in [2.24, 2.45) is 0 Å². The lowest BCUT2D eigenvalue weighted by molar-refractivity contribution is 0.724. The number of hydrogen-bond donors (Lipinski definition) is 1. The Kier molecular flexibility index (Phi) is 2.68. The van der Waals surface area contributed by atoms with Gasteiger partial charge < -0.3 is 10.2 Å². The van der Waals surface area contributed by atoms with E-state index in [0.717, 1.165) is 37.6 Å². The lowest BCUT2D eigenvalue weighted by atomic mass is 10.2. The minimum absolute atomic E-state index is 0.928. The zero-order valence-corrected chi connectivity index (χ0v) is 10.1. The van der Waals surface area contributed by atoms with Crippen LogP contribution in [0.25, 0.3) is 5.65 Å². The van der Waals surface area contributed by atoms with Gasteiger partial charge in [-0.05, 0) is 37.6 Å². The molecule has 1 N–H and O–H groups in total. The number of nitrogens with one attached hydrogen (secondary N) is 1. The van der Waals surface area contributed by atoms with Crippen molar-refractivity contribution in [3.63, 3.8) is 0 Å². The van der Waals surface area contributed by atoms with E-state index in [2.05, 4.69) is 39.4 Å². The Hall–Kier alpha value is -1.62. The molecule has 0 bridgehead atoms. The third kappa shape index (κ3) is 1.98. The van der Waals surface area contributed by atoms with Crippen molar-refractivity contribution in [2.45, 2.75) is 13.3 Å². The van der Waals surface area contributed by atoms with Crippen LogP contribution in [-0.4, -0.2) is 40.8 Å². The average Bonchev–Trinajstić information content (AvgIpc) is 2.62. The number of aromatic nitrogens is 3. The summed E-state index contributed by atoms with van der Waals surface area (Å²) in [6.45, 7) is 6.34. The Balaban J connectivity index is 2.05. The minimum Gasteiger partial charge on any atom is -0.355 e. The second-order valence-corrected chi connectivity index (χ2v) is 4.51. The molecule has 5 heteroatoms. The van der Waals surface area contributed by atoms with Crippen molar-refractivity contribution in [1.29, 1.82) is 0 Å². The maximum absolute atomic E-state index is 4.31. The Labute approximate surface area is 100 Å². The molecule has 17 heavy (non-hydrogen) atoms. The number of fused-ring (bicyclic) bond motifs is 1. The first-order valence-corrected chi connectivity index (χ1v) is 6.11. The molecule has 5 nitrogen and oxygen atoms in total. The van der Waals surface area contributed by atoms with Gasteiger partial charge in [0, 0.05) is 19.6 Å². The molecule has 0 saturated carbocycles. The molecule has 2 aromatic rings. The highest BCUT2D eigenvalue weighted by atomic mass is 15.4. The predicted molar refractivity (Wildman–Crippen MR) is 67.4 cm³/mol. The summed E-state index contributed by atoms with van der Waals surface area (Å²) in [6, 6.07) is 4.25. The molecule has 90 valence electrons. The molecule has 0 spiro atoms. The smallest absolute Gasteiger partial charge is 0.157 e. The summed E-state index contributed by atoms with van der Waals surface area (Å²) >= 11 is 0. The third-order valence-corrected chi connectivity index (χ3v) is 3.17. The van der Waals surface area contributed by atoms with Crippen LogP contribution in [0.4, 0.5) is 5.82 Å². The molecular formula is C12H17N5. The van der Waals surface area contributed by atoms with Gasteiger partial charge in [0.1, 0.15) is 12.1 Å². The topological polar surface area (TPSA) is 45.5 Å². The Bertz CT molecular complexity index is 511. The van der Waals surface area contributed by atoms with Gasteiger partial charge in [0.2, 0.25) is 0 Å². The van der Waals surface area contributed by atoms with E-state index in [1.54, 1.807) is 6.33 Å². The minimum atomic E-state index is 0.928. The fourth-order valence-corrected chi connectivity index (χ4v) is 2.34.